The average Bonchev–Trinajstić information content (AvgIpc) is 3.26. The quantitative estimate of drug-likeness (QED) is 0.600. The van der Waals surface area contributed by atoms with E-state index in [4.69, 9.17) is 9.47 Å². The van der Waals surface area contributed by atoms with Gasteiger partial charge in [0.05, 0.1) is 14.2 Å². The van der Waals surface area contributed by atoms with Crippen LogP contribution in [0.1, 0.15) is 27.9 Å². The summed E-state index contributed by atoms with van der Waals surface area (Å²) < 4.78 is 10.6. The van der Waals surface area contributed by atoms with Gasteiger partial charge in [-0.3, -0.25) is 9.59 Å². The fourth-order valence-corrected chi connectivity index (χ4v) is 3.95. The Kier molecular flexibility index (Phi) is 6.40. The topological polar surface area (TPSA) is 67.9 Å². The van der Waals surface area contributed by atoms with Gasteiger partial charge in [0, 0.05) is 29.9 Å². The number of aryl methyl sites for hydroxylation is 1. The molecule has 4 rings (SSSR count). The number of hydrogen-bond donors (Lipinski definition) is 1. The van der Waals surface area contributed by atoms with Crippen LogP contribution in [0.4, 0.5) is 11.4 Å². The number of hydrogen-bond acceptors (Lipinski definition) is 4. The first-order valence-electron chi connectivity index (χ1n) is 10.6. The first kappa shape index (κ1) is 21.4. The molecule has 2 amide bonds. The smallest absolute Gasteiger partial charge is 0.258 e. The van der Waals surface area contributed by atoms with Crippen molar-refractivity contribution in [2.45, 2.75) is 19.3 Å². The highest BCUT2D eigenvalue weighted by Crippen LogP contribution is 2.29. The Balaban J connectivity index is 1.36. The molecule has 32 heavy (non-hydrogen) atoms. The summed E-state index contributed by atoms with van der Waals surface area (Å²) in [7, 11) is 3.21. The van der Waals surface area contributed by atoms with Crippen molar-refractivity contribution in [3.63, 3.8) is 0 Å². The van der Waals surface area contributed by atoms with Crippen LogP contribution in [-0.2, 0) is 17.6 Å². The van der Waals surface area contributed by atoms with E-state index in [0.29, 0.717) is 30.6 Å². The Morgan fingerprint density at radius 1 is 0.969 bits per heavy atom. The number of ether oxygens (including phenoxy) is 2. The van der Waals surface area contributed by atoms with E-state index in [2.05, 4.69) is 11.4 Å². The van der Waals surface area contributed by atoms with Gasteiger partial charge in [0.2, 0.25) is 5.91 Å². The summed E-state index contributed by atoms with van der Waals surface area (Å²) in [5.74, 6) is 1.31. The third-order valence-electron chi connectivity index (χ3n) is 5.66. The number of amides is 2. The summed E-state index contributed by atoms with van der Waals surface area (Å²) in [6.07, 6.45) is 1.69. The minimum Gasteiger partial charge on any atom is -0.497 e. The zero-order valence-corrected chi connectivity index (χ0v) is 18.3. The van der Waals surface area contributed by atoms with Gasteiger partial charge in [-0.25, -0.2) is 0 Å². The largest absolute Gasteiger partial charge is 0.497 e. The lowest BCUT2D eigenvalue weighted by atomic mass is 10.1. The molecule has 3 aromatic rings. The van der Waals surface area contributed by atoms with E-state index in [1.54, 1.807) is 38.5 Å². The van der Waals surface area contributed by atoms with Gasteiger partial charge in [-0.15, -0.1) is 0 Å². The fraction of sp³-hybridized carbons (Fsp3) is 0.231. The van der Waals surface area contributed by atoms with Crippen LogP contribution < -0.4 is 19.7 Å². The second-order valence-corrected chi connectivity index (χ2v) is 7.64. The van der Waals surface area contributed by atoms with E-state index in [0.717, 1.165) is 29.2 Å². The van der Waals surface area contributed by atoms with Crippen LogP contribution in [0.25, 0.3) is 0 Å². The summed E-state index contributed by atoms with van der Waals surface area (Å²) >= 11 is 0. The Labute approximate surface area is 187 Å². The number of para-hydroxylation sites is 1. The molecule has 6 heteroatoms. The van der Waals surface area contributed by atoms with Crippen molar-refractivity contribution in [2.75, 3.05) is 31.0 Å². The number of benzene rings is 3. The number of nitrogens with zero attached hydrogens (tertiary/aromatic N) is 1. The second kappa shape index (κ2) is 9.56. The molecule has 0 atom stereocenters. The fourth-order valence-electron chi connectivity index (χ4n) is 3.95. The van der Waals surface area contributed by atoms with E-state index in [-0.39, 0.29) is 11.8 Å². The monoisotopic (exact) mass is 430 g/mol. The first-order chi connectivity index (χ1) is 15.6. The minimum atomic E-state index is -0.109. The van der Waals surface area contributed by atoms with Crippen molar-refractivity contribution in [1.29, 1.82) is 0 Å². The van der Waals surface area contributed by atoms with Crippen molar-refractivity contribution < 1.29 is 19.1 Å². The molecule has 6 nitrogen and oxygen atoms in total. The highest BCUT2D eigenvalue weighted by Gasteiger charge is 2.25. The van der Waals surface area contributed by atoms with Crippen LogP contribution in [-0.4, -0.2) is 32.6 Å². The lowest BCUT2D eigenvalue weighted by Gasteiger charge is -2.17. The van der Waals surface area contributed by atoms with E-state index in [1.807, 2.05) is 41.3 Å². The molecule has 0 unspecified atom stereocenters. The molecule has 164 valence electrons. The molecule has 0 saturated heterocycles. The Morgan fingerprint density at radius 2 is 1.75 bits per heavy atom. The van der Waals surface area contributed by atoms with Crippen LogP contribution in [0.3, 0.4) is 0 Å². The third kappa shape index (κ3) is 4.59. The summed E-state index contributed by atoms with van der Waals surface area (Å²) in [5.41, 5.74) is 4.33. The summed E-state index contributed by atoms with van der Waals surface area (Å²) in [6.45, 7) is 0.685. The third-order valence-corrected chi connectivity index (χ3v) is 5.66. The number of carbonyl (C=O) groups excluding carboxylic acids is 2. The number of anilines is 2. The van der Waals surface area contributed by atoms with E-state index in [1.165, 1.54) is 5.56 Å². The predicted octanol–water partition coefficient (Wildman–Crippen LogP) is 4.48. The summed E-state index contributed by atoms with van der Waals surface area (Å²) in [6, 6.07) is 20.6. The maximum Gasteiger partial charge on any atom is 0.258 e. The van der Waals surface area contributed by atoms with Gasteiger partial charge in [-0.2, -0.15) is 0 Å². The van der Waals surface area contributed by atoms with Gasteiger partial charge in [0.15, 0.2) is 0 Å². The normalized spacial score (nSPS) is 12.2. The molecular formula is C26H26N2O4. The molecule has 0 aromatic heterocycles. The van der Waals surface area contributed by atoms with Crippen LogP contribution in [0.15, 0.2) is 66.7 Å². The summed E-state index contributed by atoms with van der Waals surface area (Å²) in [5, 5.41) is 2.89. The molecule has 0 bridgehead atoms. The average molecular weight is 431 g/mol. The Hall–Kier alpha value is -3.80. The second-order valence-electron chi connectivity index (χ2n) is 7.64. The van der Waals surface area contributed by atoms with Crippen molar-refractivity contribution in [3.05, 3.63) is 83.4 Å². The Morgan fingerprint density at radius 3 is 2.50 bits per heavy atom. The van der Waals surface area contributed by atoms with Crippen LogP contribution in [0.2, 0.25) is 0 Å². The number of methoxy groups -OCH3 is 2. The molecule has 0 fully saturated rings. The standard InChI is InChI=1S/C26H26N2O4/c1-31-22-12-13-24(32-2)20(17-22)9-14-25(29)27-21-10-7-19(8-11-21)26(30)28-16-15-18-5-3-4-6-23(18)28/h3-8,10-13,17H,9,14-16H2,1-2H3,(H,27,29). The first-order valence-corrected chi connectivity index (χ1v) is 10.6. The number of nitrogens with one attached hydrogen (secondary N) is 1. The van der Waals surface area contributed by atoms with Gasteiger partial charge in [-0.1, -0.05) is 18.2 Å². The molecule has 0 spiro atoms. The molecule has 1 N–H and O–H groups in total. The maximum atomic E-state index is 12.9. The molecular weight excluding hydrogens is 404 g/mol. The molecule has 0 aliphatic carbocycles. The van der Waals surface area contributed by atoms with Gasteiger partial charge in [0.25, 0.3) is 5.91 Å². The zero-order chi connectivity index (χ0) is 22.5. The zero-order valence-electron chi connectivity index (χ0n) is 18.3. The predicted molar refractivity (Wildman–Crippen MR) is 125 cm³/mol. The SMILES string of the molecule is COc1ccc(OC)c(CCC(=O)Nc2ccc(C(=O)N3CCc4ccccc43)cc2)c1. The van der Waals surface area contributed by atoms with Crippen LogP contribution in [0, 0.1) is 0 Å². The van der Waals surface area contributed by atoms with Crippen LogP contribution >= 0.6 is 0 Å². The van der Waals surface area contributed by atoms with Crippen molar-refractivity contribution in [3.8, 4) is 11.5 Å². The molecule has 1 aliphatic rings. The van der Waals surface area contributed by atoms with Gasteiger partial charge >= 0.3 is 0 Å². The molecule has 0 saturated carbocycles. The lowest BCUT2D eigenvalue weighted by Crippen LogP contribution is -2.28. The van der Waals surface area contributed by atoms with Crippen molar-refractivity contribution in [2.24, 2.45) is 0 Å². The molecule has 1 heterocycles. The number of fused-ring (bicyclic) bond motifs is 1. The highest BCUT2D eigenvalue weighted by molar-refractivity contribution is 6.07. The van der Waals surface area contributed by atoms with Gasteiger partial charge < -0.3 is 19.7 Å². The number of carbonyl (C=O) groups is 2. The van der Waals surface area contributed by atoms with Gasteiger partial charge in [0.1, 0.15) is 11.5 Å². The molecule has 3 aromatic carbocycles. The van der Waals surface area contributed by atoms with Crippen molar-refractivity contribution >= 4 is 23.2 Å². The molecule has 1 aliphatic heterocycles. The van der Waals surface area contributed by atoms with E-state index >= 15 is 0 Å². The summed E-state index contributed by atoms with van der Waals surface area (Å²) in [4.78, 5) is 27.2. The van der Waals surface area contributed by atoms with Gasteiger partial charge in [-0.05, 0) is 72.5 Å². The minimum absolute atomic E-state index is 0.0297. The number of rotatable bonds is 7. The van der Waals surface area contributed by atoms with Crippen LogP contribution in [0.5, 0.6) is 11.5 Å². The molecule has 0 radical (unpaired) electrons. The highest BCUT2D eigenvalue weighted by atomic mass is 16.5. The lowest BCUT2D eigenvalue weighted by molar-refractivity contribution is -0.116. The Bertz CT molecular complexity index is 1120. The van der Waals surface area contributed by atoms with E-state index < -0.39 is 0 Å². The van der Waals surface area contributed by atoms with Crippen molar-refractivity contribution in [1.82, 2.24) is 0 Å². The maximum absolute atomic E-state index is 12.9. The van der Waals surface area contributed by atoms with E-state index in [9.17, 15) is 9.59 Å².